The van der Waals surface area contributed by atoms with E-state index in [1.54, 1.807) is 0 Å². The molecule has 1 heterocycles. The zero-order valence-corrected chi connectivity index (χ0v) is 9.26. The van der Waals surface area contributed by atoms with Crippen LogP contribution in [-0.4, -0.2) is 46.7 Å². The summed E-state index contributed by atoms with van der Waals surface area (Å²) in [6, 6.07) is -1.40. The average Bonchev–Trinajstić information content (AvgIpc) is 2.47. The minimum atomic E-state index is -4.82. The van der Waals surface area contributed by atoms with Crippen molar-refractivity contribution in [1.29, 1.82) is 0 Å². The Morgan fingerprint density at radius 1 is 1.60 bits per heavy atom. The van der Waals surface area contributed by atoms with Gasteiger partial charge in [0.2, 0.25) is 0 Å². The normalized spacial score (nSPS) is 28.5. The van der Waals surface area contributed by atoms with E-state index in [0.717, 1.165) is 11.8 Å². The van der Waals surface area contributed by atoms with Crippen LogP contribution < -0.4 is 0 Å². The van der Waals surface area contributed by atoms with Gasteiger partial charge >= 0.3 is 11.7 Å². The molecule has 1 aliphatic rings. The van der Waals surface area contributed by atoms with Crippen LogP contribution >= 0.6 is 11.8 Å². The molecule has 1 rings (SSSR count). The van der Waals surface area contributed by atoms with Crippen molar-refractivity contribution in [1.82, 2.24) is 4.31 Å². The van der Waals surface area contributed by atoms with Crippen LogP contribution in [0.25, 0.3) is 0 Å². The number of rotatable bonds is 3. The van der Waals surface area contributed by atoms with Crippen molar-refractivity contribution in [2.75, 3.05) is 5.75 Å². The molecule has 0 aromatic heterocycles. The van der Waals surface area contributed by atoms with E-state index in [9.17, 15) is 22.0 Å². The fraction of sp³-hybridized carbons (Fsp3) is 0.833. The van der Waals surface area contributed by atoms with Crippen molar-refractivity contribution in [2.45, 2.75) is 24.1 Å². The summed E-state index contributed by atoms with van der Waals surface area (Å²) in [5.74, 6) is -5.00. The highest BCUT2D eigenvalue weighted by Crippen LogP contribution is 2.33. The number of carbonyl (C=O) groups is 1. The van der Waals surface area contributed by atoms with Gasteiger partial charge in [-0.2, -0.15) is 13.1 Å². The fourth-order valence-electron chi connectivity index (χ4n) is 1.29. The Bertz CT molecular complexity index is 358. The second-order valence-corrected chi connectivity index (χ2v) is 6.08. The summed E-state index contributed by atoms with van der Waals surface area (Å²) in [5.41, 5.74) is 0. The van der Waals surface area contributed by atoms with Crippen molar-refractivity contribution in [3.05, 3.63) is 0 Å². The second-order valence-electron chi connectivity index (χ2n) is 2.92. The summed E-state index contributed by atoms with van der Waals surface area (Å²) in [6.45, 7) is 1.38. The van der Waals surface area contributed by atoms with Crippen LogP contribution in [0.4, 0.5) is 8.78 Å². The number of carboxylic acid groups (broad SMARTS) is 1. The molecule has 0 amide bonds. The molecule has 0 radical (unpaired) electrons. The smallest absolute Gasteiger partial charge is 0.350 e. The minimum absolute atomic E-state index is 0.0115. The van der Waals surface area contributed by atoms with Gasteiger partial charge in [-0.25, -0.2) is 8.42 Å². The van der Waals surface area contributed by atoms with Crippen LogP contribution in [0, 0.1) is 0 Å². The number of hydrogen-bond acceptors (Lipinski definition) is 4. The topological polar surface area (TPSA) is 74.7 Å². The van der Waals surface area contributed by atoms with Crippen LogP contribution in [0.3, 0.4) is 0 Å². The number of aliphatic carboxylic acids is 1. The van der Waals surface area contributed by atoms with Gasteiger partial charge in [-0.3, -0.25) is 4.79 Å². The zero-order valence-electron chi connectivity index (χ0n) is 7.63. The molecule has 1 fully saturated rings. The van der Waals surface area contributed by atoms with Crippen LogP contribution in [0.5, 0.6) is 0 Å². The maximum atomic E-state index is 12.2. The first-order chi connectivity index (χ1) is 6.78. The number of hydrogen-bond donors (Lipinski definition) is 1. The van der Waals surface area contributed by atoms with E-state index in [1.807, 2.05) is 0 Å². The summed E-state index contributed by atoms with van der Waals surface area (Å²) in [5, 5.41) is 7.91. The van der Waals surface area contributed by atoms with E-state index in [2.05, 4.69) is 0 Å². The Labute approximate surface area is 89.5 Å². The van der Waals surface area contributed by atoms with Crippen LogP contribution in [-0.2, 0) is 14.8 Å². The Morgan fingerprint density at radius 3 is 2.53 bits per heavy atom. The molecule has 0 aromatic rings. The quantitative estimate of drug-likeness (QED) is 0.795. The highest BCUT2D eigenvalue weighted by Gasteiger charge is 2.47. The summed E-state index contributed by atoms with van der Waals surface area (Å²) in [6.07, 6.45) is 0. The first-order valence-electron chi connectivity index (χ1n) is 3.93. The first kappa shape index (κ1) is 12.7. The van der Waals surface area contributed by atoms with E-state index in [-0.39, 0.29) is 5.75 Å². The largest absolute Gasteiger partial charge is 0.480 e. The lowest BCUT2D eigenvalue weighted by molar-refractivity contribution is -0.140. The van der Waals surface area contributed by atoms with Crippen LogP contribution in [0.2, 0.25) is 0 Å². The predicted molar refractivity (Wildman–Crippen MR) is 50.1 cm³/mol. The second kappa shape index (κ2) is 4.22. The van der Waals surface area contributed by atoms with Crippen LogP contribution in [0.1, 0.15) is 6.92 Å². The van der Waals surface area contributed by atoms with E-state index < -0.39 is 33.2 Å². The predicted octanol–water partition coefficient (Wildman–Crippen LogP) is 0.387. The molecule has 1 saturated heterocycles. The highest BCUT2D eigenvalue weighted by atomic mass is 32.2. The number of halogens is 2. The number of sulfonamides is 1. The maximum Gasteiger partial charge on any atom is 0.350 e. The molecule has 0 bridgehead atoms. The van der Waals surface area contributed by atoms with Gasteiger partial charge in [0.05, 0.1) is 5.37 Å². The molecule has 2 atom stereocenters. The van der Waals surface area contributed by atoms with Crippen molar-refractivity contribution in [3.8, 4) is 0 Å². The molecule has 2 unspecified atom stereocenters. The molecule has 0 spiro atoms. The number of nitrogens with zero attached hydrogens (tertiary/aromatic N) is 1. The third kappa shape index (κ3) is 2.23. The summed E-state index contributed by atoms with van der Waals surface area (Å²) >= 11 is 1.02. The van der Waals surface area contributed by atoms with Gasteiger partial charge < -0.3 is 5.11 Å². The Kier molecular flexibility index (Phi) is 3.56. The molecular formula is C6H9F2NO4S2. The standard InChI is InChI=1S/C6H9F2NO4S2/c1-3-9(15(12,13)6(7)8)4(2-14-3)5(10)11/h3-4,6H,2H2,1H3,(H,10,11). The molecule has 0 aliphatic carbocycles. The third-order valence-electron chi connectivity index (χ3n) is 1.96. The SMILES string of the molecule is CC1SCC(C(=O)O)N1S(=O)(=O)C(F)F. The highest BCUT2D eigenvalue weighted by molar-refractivity contribution is 8.01. The summed E-state index contributed by atoms with van der Waals surface area (Å²) in [4.78, 5) is 10.7. The number of carboxylic acids is 1. The first-order valence-corrected chi connectivity index (χ1v) is 6.48. The molecule has 1 N–H and O–H groups in total. The fourth-order valence-corrected chi connectivity index (χ4v) is 4.10. The molecule has 0 saturated carbocycles. The molecule has 88 valence electrons. The van der Waals surface area contributed by atoms with Crippen molar-refractivity contribution in [3.63, 3.8) is 0 Å². The summed E-state index contributed by atoms with van der Waals surface area (Å²) in [7, 11) is -4.82. The van der Waals surface area contributed by atoms with Gasteiger partial charge in [0.15, 0.2) is 0 Å². The van der Waals surface area contributed by atoms with Gasteiger partial charge in [0, 0.05) is 5.75 Å². The lowest BCUT2D eigenvalue weighted by Gasteiger charge is -2.23. The van der Waals surface area contributed by atoms with E-state index in [4.69, 9.17) is 5.11 Å². The lowest BCUT2D eigenvalue weighted by atomic mass is 10.3. The number of thioether (sulfide) groups is 1. The van der Waals surface area contributed by atoms with Crippen molar-refractivity contribution >= 4 is 27.8 Å². The summed E-state index contributed by atoms with van der Waals surface area (Å²) < 4.78 is 47.2. The van der Waals surface area contributed by atoms with E-state index in [0.29, 0.717) is 4.31 Å². The van der Waals surface area contributed by atoms with Crippen molar-refractivity contribution < 1.29 is 27.1 Å². The van der Waals surface area contributed by atoms with Gasteiger partial charge in [0.25, 0.3) is 10.0 Å². The average molecular weight is 261 g/mol. The van der Waals surface area contributed by atoms with Gasteiger partial charge in [-0.1, -0.05) is 0 Å². The Hall–Kier alpha value is -0.410. The lowest BCUT2D eigenvalue weighted by Crippen LogP contribution is -2.46. The van der Waals surface area contributed by atoms with Crippen molar-refractivity contribution in [2.24, 2.45) is 0 Å². The zero-order chi connectivity index (χ0) is 11.8. The Morgan fingerprint density at radius 2 is 2.13 bits per heavy atom. The third-order valence-corrected chi connectivity index (χ3v) is 4.92. The molecule has 5 nitrogen and oxygen atoms in total. The molecule has 0 aromatic carbocycles. The molecular weight excluding hydrogens is 252 g/mol. The Balaban J connectivity index is 3.05. The van der Waals surface area contributed by atoms with E-state index in [1.165, 1.54) is 6.92 Å². The molecule has 1 aliphatic heterocycles. The molecule has 9 heteroatoms. The molecule has 15 heavy (non-hydrogen) atoms. The van der Waals surface area contributed by atoms with Gasteiger partial charge in [-0.15, -0.1) is 11.8 Å². The maximum absolute atomic E-state index is 12.2. The monoisotopic (exact) mass is 261 g/mol. The van der Waals surface area contributed by atoms with Gasteiger partial charge in [-0.05, 0) is 6.92 Å². The van der Waals surface area contributed by atoms with Crippen LogP contribution in [0.15, 0.2) is 0 Å². The van der Waals surface area contributed by atoms with Gasteiger partial charge in [0.1, 0.15) is 6.04 Å². The van der Waals surface area contributed by atoms with E-state index >= 15 is 0 Å². The minimum Gasteiger partial charge on any atom is -0.480 e. The number of alkyl halides is 2.